The van der Waals surface area contributed by atoms with Crippen LogP contribution in [-0.4, -0.2) is 14.5 Å². The molecule has 5 heteroatoms. The van der Waals surface area contributed by atoms with Gasteiger partial charge in [-0.05, 0) is 53.1 Å². The molecule has 0 aliphatic heterocycles. The average molecular weight is 437 g/mol. The number of aromatic nitrogens is 3. The van der Waals surface area contributed by atoms with Gasteiger partial charge in [0.2, 0.25) is 0 Å². The molecule has 3 aromatic heterocycles. The molecule has 4 nitrogen and oxygen atoms in total. The Labute approximate surface area is 192 Å². The van der Waals surface area contributed by atoms with Crippen LogP contribution in [0.2, 0.25) is 5.02 Å². The maximum absolute atomic E-state index is 6.55. The van der Waals surface area contributed by atoms with Gasteiger partial charge < -0.3 is 10.3 Å². The van der Waals surface area contributed by atoms with E-state index in [2.05, 4.69) is 57.0 Å². The van der Waals surface area contributed by atoms with Gasteiger partial charge >= 0.3 is 0 Å². The van der Waals surface area contributed by atoms with Gasteiger partial charge in [0.15, 0.2) is 0 Å². The number of nitrogens with zero attached hydrogens (tertiary/aromatic N) is 3. The van der Waals surface area contributed by atoms with Crippen LogP contribution >= 0.6 is 11.6 Å². The minimum atomic E-state index is 0.510. The van der Waals surface area contributed by atoms with Crippen LogP contribution in [0.25, 0.3) is 33.6 Å². The molecule has 32 heavy (non-hydrogen) atoms. The molecule has 5 rings (SSSR count). The Morgan fingerprint density at radius 2 is 1.50 bits per heavy atom. The third-order valence-corrected chi connectivity index (χ3v) is 5.78. The molecule has 0 saturated heterocycles. The Balaban J connectivity index is 1.60. The van der Waals surface area contributed by atoms with Crippen molar-refractivity contribution in [2.24, 2.45) is 0 Å². The second kappa shape index (κ2) is 8.69. The first-order valence-electron chi connectivity index (χ1n) is 10.4. The van der Waals surface area contributed by atoms with Gasteiger partial charge in [0.05, 0.1) is 17.9 Å². The molecule has 2 aromatic carbocycles. The van der Waals surface area contributed by atoms with Gasteiger partial charge in [0.25, 0.3) is 0 Å². The lowest BCUT2D eigenvalue weighted by molar-refractivity contribution is 0.797. The summed E-state index contributed by atoms with van der Waals surface area (Å²) in [6.45, 7) is 0.582. The molecule has 0 spiro atoms. The van der Waals surface area contributed by atoms with E-state index in [0.29, 0.717) is 17.4 Å². The summed E-state index contributed by atoms with van der Waals surface area (Å²) < 4.78 is 2.24. The van der Waals surface area contributed by atoms with E-state index in [-0.39, 0.29) is 0 Å². The fourth-order valence-corrected chi connectivity index (χ4v) is 4.14. The maximum atomic E-state index is 6.55. The number of benzene rings is 2. The predicted molar refractivity (Wildman–Crippen MR) is 131 cm³/mol. The molecule has 0 atom stereocenters. The molecule has 0 aliphatic carbocycles. The van der Waals surface area contributed by atoms with Crippen molar-refractivity contribution < 1.29 is 0 Å². The number of rotatable bonds is 5. The molecule has 0 saturated carbocycles. The Morgan fingerprint density at radius 1 is 0.719 bits per heavy atom. The van der Waals surface area contributed by atoms with Gasteiger partial charge in [-0.25, -0.2) is 4.98 Å². The van der Waals surface area contributed by atoms with Crippen LogP contribution in [0, 0.1) is 0 Å². The second-order valence-corrected chi connectivity index (χ2v) is 7.95. The summed E-state index contributed by atoms with van der Waals surface area (Å²) in [5.74, 6) is 0.510. The van der Waals surface area contributed by atoms with E-state index in [1.165, 1.54) is 0 Å². The summed E-state index contributed by atoms with van der Waals surface area (Å²) in [7, 11) is 0. The zero-order chi connectivity index (χ0) is 21.9. The van der Waals surface area contributed by atoms with Gasteiger partial charge in [-0.15, -0.1) is 0 Å². The second-order valence-electron chi connectivity index (χ2n) is 7.54. The van der Waals surface area contributed by atoms with Gasteiger partial charge in [-0.3, -0.25) is 4.98 Å². The third-order valence-electron chi connectivity index (χ3n) is 5.45. The van der Waals surface area contributed by atoms with E-state index in [4.69, 9.17) is 17.3 Å². The quantitative estimate of drug-likeness (QED) is 0.339. The van der Waals surface area contributed by atoms with Crippen molar-refractivity contribution in [3.63, 3.8) is 0 Å². The molecule has 3 heterocycles. The molecule has 0 aliphatic rings. The van der Waals surface area contributed by atoms with Gasteiger partial charge in [0, 0.05) is 28.7 Å². The molecular weight excluding hydrogens is 416 g/mol. The van der Waals surface area contributed by atoms with Crippen LogP contribution in [0.5, 0.6) is 0 Å². The Bertz CT molecular complexity index is 1360. The fourth-order valence-electron chi connectivity index (χ4n) is 3.91. The van der Waals surface area contributed by atoms with Crippen LogP contribution < -0.4 is 5.73 Å². The Hall–Kier alpha value is -3.89. The number of nitrogen functional groups attached to an aromatic ring is 1. The van der Waals surface area contributed by atoms with Crippen molar-refractivity contribution in [3.8, 4) is 33.6 Å². The van der Waals surface area contributed by atoms with Crippen molar-refractivity contribution in [1.29, 1.82) is 0 Å². The largest absolute Gasteiger partial charge is 0.384 e. The molecule has 5 aromatic rings. The van der Waals surface area contributed by atoms with Crippen molar-refractivity contribution in [3.05, 3.63) is 114 Å². The van der Waals surface area contributed by atoms with Crippen molar-refractivity contribution in [2.75, 3.05) is 5.73 Å². The van der Waals surface area contributed by atoms with E-state index in [1.54, 1.807) is 12.3 Å². The molecule has 156 valence electrons. The molecule has 0 amide bonds. The topological polar surface area (TPSA) is 56.7 Å². The van der Waals surface area contributed by atoms with Crippen LogP contribution in [0.15, 0.2) is 103 Å². The highest BCUT2D eigenvalue weighted by Crippen LogP contribution is 2.34. The highest BCUT2D eigenvalue weighted by atomic mass is 35.5. The summed E-state index contributed by atoms with van der Waals surface area (Å²) in [5, 5.41) is 0.714. The molecule has 2 N–H and O–H groups in total. The lowest BCUT2D eigenvalue weighted by atomic mass is 10.0. The van der Waals surface area contributed by atoms with Gasteiger partial charge in [0.1, 0.15) is 5.82 Å². The molecule has 0 fully saturated rings. The van der Waals surface area contributed by atoms with Crippen LogP contribution in [0.1, 0.15) is 5.69 Å². The van der Waals surface area contributed by atoms with E-state index in [0.717, 1.165) is 39.3 Å². The molecule has 0 bridgehead atoms. The zero-order valence-electron chi connectivity index (χ0n) is 17.3. The van der Waals surface area contributed by atoms with Crippen LogP contribution in [-0.2, 0) is 6.54 Å². The normalized spacial score (nSPS) is 10.9. The monoisotopic (exact) mass is 436 g/mol. The minimum absolute atomic E-state index is 0.510. The molecule has 0 unspecified atom stereocenters. The summed E-state index contributed by atoms with van der Waals surface area (Å²) in [6.07, 6.45) is 3.66. The fraction of sp³-hybridized carbons (Fsp3) is 0.0370. The van der Waals surface area contributed by atoms with E-state index >= 15 is 0 Å². The zero-order valence-corrected chi connectivity index (χ0v) is 18.1. The Morgan fingerprint density at radius 3 is 2.25 bits per heavy atom. The van der Waals surface area contributed by atoms with Crippen molar-refractivity contribution in [1.82, 2.24) is 14.5 Å². The smallest absolute Gasteiger partial charge is 0.123 e. The highest BCUT2D eigenvalue weighted by molar-refractivity contribution is 6.33. The summed E-state index contributed by atoms with van der Waals surface area (Å²) in [5.41, 5.74) is 13.3. The minimum Gasteiger partial charge on any atom is -0.384 e. The number of hydrogen-bond acceptors (Lipinski definition) is 3. The van der Waals surface area contributed by atoms with Gasteiger partial charge in [-0.2, -0.15) is 0 Å². The van der Waals surface area contributed by atoms with Gasteiger partial charge in [-0.1, -0.05) is 66.2 Å². The predicted octanol–water partition coefficient (Wildman–Crippen LogP) is 6.56. The number of anilines is 1. The average Bonchev–Trinajstić information content (AvgIpc) is 3.23. The Kier molecular flexibility index (Phi) is 5.44. The first-order chi connectivity index (χ1) is 15.7. The van der Waals surface area contributed by atoms with E-state index in [9.17, 15) is 0 Å². The number of nitrogens with two attached hydrogens (primary N) is 1. The van der Waals surface area contributed by atoms with Crippen LogP contribution in [0.3, 0.4) is 0 Å². The lowest BCUT2D eigenvalue weighted by Crippen LogP contribution is -2.06. The van der Waals surface area contributed by atoms with E-state index < -0.39 is 0 Å². The number of hydrogen-bond donors (Lipinski definition) is 1. The molecule has 0 radical (unpaired) electrons. The van der Waals surface area contributed by atoms with Crippen molar-refractivity contribution >= 4 is 17.4 Å². The maximum Gasteiger partial charge on any atom is 0.123 e. The number of halogens is 1. The number of pyridine rings is 2. The first-order valence-corrected chi connectivity index (χ1v) is 10.7. The SMILES string of the molecule is Nc1cccc(Cn2c(-c3ccc(-c4cccnc4)cc3)ccc2-c2ccccc2Cl)n1. The summed E-state index contributed by atoms with van der Waals surface area (Å²) in [4.78, 5) is 8.73. The molecular formula is C27H21ClN4. The summed E-state index contributed by atoms with van der Waals surface area (Å²) in [6, 6.07) is 30.4. The first kappa shape index (κ1) is 20.0. The van der Waals surface area contributed by atoms with E-state index in [1.807, 2.05) is 48.7 Å². The highest BCUT2D eigenvalue weighted by Gasteiger charge is 2.15. The summed E-state index contributed by atoms with van der Waals surface area (Å²) >= 11 is 6.55. The lowest BCUT2D eigenvalue weighted by Gasteiger charge is -2.15. The standard InChI is InChI=1S/C27H21ClN4/c28-24-8-2-1-7-23(24)26-15-14-25(32(26)18-22-6-3-9-27(29)31-22)20-12-10-19(11-13-20)21-5-4-16-30-17-21/h1-17H,18H2,(H2,29,31). The van der Waals surface area contributed by atoms with Crippen LogP contribution in [0.4, 0.5) is 5.82 Å². The third kappa shape index (κ3) is 4.01. The van der Waals surface area contributed by atoms with Crippen molar-refractivity contribution in [2.45, 2.75) is 6.54 Å².